The lowest BCUT2D eigenvalue weighted by Crippen LogP contribution is -2.49. The monoisotopic (exact) mass is 350 g/mol. The summed E-state index contributed by atoms with van der Waals surface area (Å²) in [6, 6.07) is 0. The molecule has 140 valence electrons. The topological polar surface area (TPSA) is 70.8 Å². The molecule has 0 aliphatic carbocycles. The van der Waals surface area contributed by atoms with Gasteiger partial charge in [-0.1, -0.05) is 0 Å². The first-order valence-corrected chi connectivity index (χ1v) is 9.32. The molecule has 2 aliphatic heterocycles. The molecule has 2 unspecified atom stereocenters. The first-order valence-electron chi connectivity index (χ1n) is 9.32. The second-order valence-corrected chi connectivity index (χ2v) is 7.28. The van der Waals surface area contributed by atoms with Crippen LogP contribution in [0, 0.1) is 18.8 Å². The maximum absolute atomic E-state index is 12.7. The number of ether oxygens (including phenoxy) is 1. The molecule has 7 nitrogen and oxygen atoms in total. The van der Waals surface area contributed by atoms with Gasteiger partial charge in [-0.15, -0.1) is 0 Å². The van der Waals surface area contributed by atoms with Crippen LogP contribution in [0.2, 0.25) is 0 Å². The van der Waals surface area contributed by atoms with Crippen LogP contribution in [-0.4, -0.2) is 82.9 Å². The maximum atomic E-state index is 12.7. The highest BCUT2D eigenvalue weighted by Gasteiger charge is 2.30. The number of likely N-dealkylation sites (tertiary alicyclic amines) is 1. The number of aromatic nitrogens is 2. The predicted octanol–water partition coefficient (Wildman–Crippen LogP) is 0.371. The maximum Gasteiger partial charge on any atom is 0.224 e. The molecule has 0 radical (unpaired) electrons. The van der Waals surface area contributed by atoms with E-state index in [-0.39, 0.29) is 18.4 Å². The molecule has 25 heavy (non-hydrogen) atoms. The quantitative estimate of drug-likeness (QED) is 0.803. The van der Waals surface area contributed by atoms with Crippen molar-refractivity contribution in [2.75, 3.05) is 52.5 Å². The van der Waals surface area contributed by atoms with E-state index in [2.05, 4.69) is 9.88 Å². The second kappa shape index (κ2) is 8.78. The molecule has 1 aromatic rings. The second-order valence-electron chi connectivity index (χ2n) is 7.28. The van der Waals surface area contributed by atoms with Crippen molar-refractivity contribution in [1.82, 2.24) is 19.4 Å². The van der Waals surface area contributed by atoms with Gasteiger partial charge in [0, 0.05) is 64.7 Å². The molecule has 1 aromatic heterocycles. The zero-order valence-electron chi connectivity index (χ0n) is 15.1. The van der Waals surface area contributed by atoms with Crippen LogP contribution in [0.5, 0.6) is 0 Å². The Morgan fingerprint density at radius 1 is 1.32 bits per heavy atom. The van der Waals surface area contributed by atoms with Crippen molar-refractivity contribution in [2.45, 2.75) is 26.3 Å². The molecule has 7 heteroatoms. The summed E-state index contributed by atoms with van der Waals surface area (Å²) in [4.78, 5) is 21.3. The predicted molar refractivity (Wildman–Crippen MR) is 94.1 cm³/mol. The lowest BCUT2D eigenvalue weighted by Gasteiger charge is -2.40. The van der Waals surface area contributed by atoms with E-state index in [0.29, 0.717) is 25.4 Å². The molecular weight excluding hydrogens is 320 g/mol. The molecular formula is C18H30N4O3. The third kappa shape index (κ3) is 5.03. The fourth-order valence-electron chi connectivity index (χ4n) is 3.95. The number of morpholine rings is 1. The van der Waals surface area contributed by atoms with Gasteiger partial charge in [-0.05, 0) is 25.2 Å². The van der Waals surface area contributed by atoms with Gasteiger partial charge >= 0.3 is 0 Å². The van der Waals surface area contributed by atoms with Crippen molar-refractivity contribution in [3.8, 4) is 0 Å². The summed E-state index contributed by atoms with van der Waals surface area (Å²) < 4.78 is 7.42. The highest BCUT2D eigenvalue weighted by atomic mass is 16.5. The summed E-state index contributed by atoms with van der Waals surface area (Å²) in [5.74, 6) is 1.74. The summed E-state index contributed by atoms with van der Waals surface area (Å²) in [7, 11) is 0. The first-order chi connectivity index (χ1) is 12.2. The molecule has 1 N–H and O–H groups in total. The molecule has 0 spiro atoms. The van der Waals surface area contributed by atoms with E-state index < -0.39 is 0 Å². The Morgan fingerprint density at radius 2 is 2.08 bits per heavy atom. The van der Waals surface area contributed by atoms with E-state index in [1.54, 1.807) is 6.20 Å². The molecule has 0 aromatic carbocycles. The molecule has 1 amide bonds. The lowest BCUT2D eigenvalue weighted by atomic mass is 9.89. The van der Waals surface area contributed by atoms with E-state index in [0.717, 1.165) is 51.6 Å². The Labute approximate surface area is 149 Å². The van der Waals surface area contributed by atoms with Crippen LogP contribution < -0.4 is 0 Å². The van der Waals surface area contributed by atoms with Crippen LogP contribution in [-0.2, 0) is 16.1 Å². The molecule has 3 rings (SSSR count). The molecule has 0 bridgehead atoms. The number of amides is 1. The van der Waals surface area contributed by atoms with Gasteiger partial charge in [0.2, 0.25) is 5.91 Å². The number of aliphatic hydroxyl groups is 1. The van der Waals surface area contributed by atoms with Crippen molar-refractivity contribution >= 4 is 5.91 Å². The van der Waals surface area contributed by atoms with E-state index in [1.807, 2.05) is 22.6 Å². The Bertz CT molecular complexity index is 556. The van der Waals surface area contributed by atoms with Crippen molar-refractivity contribution < 1.29 is 14.6 Å². The number of hydrogen-bond donors (Lipinski definition) is 1. The van der Waals surface area contributed by atoms with Crippen molar-refractivity contribution in [1.29, 1.82) is 0 Å². The number of imidazole rings is 1. The summed E-state index contributed by atoms with van der Waals surface area (Å²) in [5.41, 5.74) is 0. The van der Waals surface area contributed by atoms with Gasteiger partial charge in [0.15, 0.2) is 0 Å². The van der Waals surface area contributed by atoms with E-state index in [4.69, 9.17) is 4.74 Å². The molecule has 2 fully saturated rings. The minimum Gasteiger partial charge on any atom is -0.396 e. The number of hydrogen-bond acceptors (Lipinski definition) is 5. The molecule has 0 saturated carbocycles. The molecule has 2 aliphatic rings. The third-order valence-corrected chi connectivity index (χ3v) is 5.35. The number of aliphatic hydroxyl groups excluding tert-OH is 1. The molecule has 2 atom stereocenters. The molecule has 3 heterocycles. The minimum absolute atomic E-state index is 0.157. The summed E-state index contributed by atoms with van der Waals surface area (Å²) in [6.45, 7) is 8.76. The molecule has 2 saturated heterocycles. The summed E-state index contributed by atoms with van der Waals surface area (Å²) in [5, 5.41) is 9.65. The van der Waals surface area contributed by atoms with Gasteiger partial charge in [-0.2, -0.15) is 0 Å². The average molecular weight is 350 g/mol. The average Bonchev–Trinajstić information content (AvgIpc) is 3.05. The Morgan fingerprint density at radius 3 is 2.76 bits per heavy atom. The van der Waals surface area contributed by atoms with Crippen LogP contribution in [0.4, 0.5) is 0 Å². The standard InChI is InChI=1S/C18H30N4O3/c1-15-19-3-5-21(15)4-2-18(24)22-12-16(10-17(13-22)14-23)11-20-6-8-25-9-7-20/h3,5,16-17,23H,2,4,6-14H2,1H3. The van der Waals surface area contributed by atoms with Crippen LogP contribution in [0.3, 0.4) is 0 Å². The first kappa shape index (κ1) is 18.4. The SMILES string of the molecule is Cc1nccn1CCC(=O)N1CC(CO)CC(CN2CCOCC2)C1. The summed E-state index contributed by atoms with van der Waals surface area (Å²) in [6.07, 6.45) is 5.16. The largest absolute Gasteiger partial charge is 0.396 e. The van der Waals surface area contributed by atoms with E-state index >= 15 is 0 Å². The fourth-order valence-corrected chi connectivity index (χ4v) is 3.95. The number of nitrogens with zero attached hydrogens (tertiary/aromatic N) is 4. The van der Waals surface area contributed by atoms with E-state index in [1.165, 1.54) is 0 Å². The van der Waals surface area contributed by atoms with Gasteiger partial charge in [0.05, 0.1) is 13.2 Å². The highest BCUT2D eigenvalue weighted by Crippen LogP contribution is 2.23. The van der Waals surface area contributed by atoms with Gasteiger partial charge in [0.25, 0.3) is 0 Å². The summed E-state index contributed by atoms with van der Waals surface area (Å²) >= 11 is 0. The van der Waals surface area contributed by atoms with Crippen LogP contribution in [0.25, 0.3) is 0 Å². The van der Waals surface area contributed by atoms with Crippen LogP contribution in [0.15, 0.2) is 12.4 Å². The Balaban J connectivity index is 1.53. The van der Waals surface area contributed by atoms with Gasteiger partial charge in [0.1, 0.15) is 5.82 Å². The number of carbonyl (C=O) groups is 1. The minimum atomic E-state index is 0.157. The Hall–Kier alpha value is -1.44. The number of rotatable bonds is 6. The van der Waals surface area contributed by atoms with Crippen molar-refractivity contribution in [3.05, 3.63) is 18.2 Å². The Kier molecular flexibility index (Phi) is 6.45. The fraction of sp³-hybridized carbons (Fsp3) is 0.778. The smallest absolute Gasteiger partial charge is 0.224 e. The van der Waals surface area contributed by atoms with Crippen molar-refractivity contribution in [2.24, 2.45) is 11.8 Å². The van der Waals surface area contributed by atoms with Crippen LogP contribution in [0.1, 0.15) is 18.7 Å². The van der Waals surface area contributed by atoms with Gasteiger partial charge in [-0.25, -0.2) is 4.98 Å². The number of piperidine rings is 1. The van der Waals surface area contributed by atoms with Crippen LogP contribution >= 0.6 is 0 Å². The zero-order valence-corrected chi connectivity index (χ0v) is 15.1. The normalized spacial score (nSPS) is 25.3. The third-order valence-electron chi connectivity index (χ3n) is 5.35. The highest BCUT2D eigenvalue weighted by molar-refractivity contribution is 5.76. The zero-order chi connectivity index (χ0) is 17.6. The van der Waals surface area contributed by atoms with E-state index in [9.17, 15) is 9.90 Å². The number of aryl methyl sites for hydroxylation is 2. The lowest BCUT2D eigenvalue weighted by molar-refractivity contribution is -0.135. The number of carbonyl (C=O) groups excluding carboxylic acids is 1. The van der Waals surface area contributed by atoms with Gasteiger partial charge < -0.3 is 19.3 Å². The van der Waals surface area contributed by atoms with Crippen molar-refractivity contribution in [3.63, 3.8) is 0 Å². The van der Waals surface area contributed by atoms with Gasteiger partial charge in [-0.3, -0.25) is 9.69 Å².